The van der Waals surface area contributed by atoms with E-state index in [0.29, 0.717) is 14.8 Å². The van der Waals surface area contributed by atoms with E-state index in [1.54, 1.807) is 41.4 Å². The number of benzene rings is 1. The van der Waals surface area contributed by atoms with Crippen molar-refractivity contribution in [1.29, 1.82) is 0 Å². The van der Waals surface area contributed by atoms with Crippen LogP contribution in [0.2, 0.25) is 0 Å². The quantitative estimate of drug-likeness (QED) is 0.562. The fraction of sp³-hybridized carbons (Fsp3) is 0.200. The molecule has 2 aromatic heterocycles. The molecule has 0 saturated heterocycles. The molecule has 126 valence electrons. The summed E-state index contributed by atoms with van der Waals surface area (Å²) in [6.45, 7) is 0. The van der Waals surface area contributed by atoms with Crippen molar-refractivity contribution in [2.45, 2.75) is 4.90 Å². The van der Waals surface area contributed by atoms with Gasteiger partial charge in [0.2, 0.25) is 10.0 Å². The standard InChI is InChI=1S/C15H15IN4O3S/c1-18(2)24(22,23)10-4-5-13-11(8-10)12(9-19(13)3)14(21)20-7-6-17-15(20)16/h4-9H,1-3H3. The number of imidazole rings is 1. The molecule has 9 heteroatoms. The van der Waals surface area contributed by atoms with Gasteiger partial charge in [-0.25, -0.2) is 17.7 Å². The lowest BCUT2D eigenvalue weighted by atomic mass is 10.1. The minimum atomic E-state index is -3.57. The van der Waals surface area contributed by atoms with Gasteiger partial charge < -0.3 is 4.57 Å². The SMILES string of the molecule is CN(C)S(=O)(=O)c1ccc2c(c1)c(C(=O)n1ccnc1I)cn2C. The van der Waals surface area contributed by atoms with Gasteiger partial charge in [-0.15, -0.1) is 0 Å². The largest absolute Gasteiger partial charge is 0.350 e. The average Bonchev–Trinajstić information content (AvgIpc) is 3.10. The molecule has 0 fully saturated rings. The second-order valence-electron chi connectivity index (χ2n) is 5.49. The number of sulfonamides is 1. The fourth-order valence-electron chi connectivity index (χ4n) is 2.48. The van der Waals surface area contributed by atoms with Crippen LogP contribution in [-0.4, -0.2) is 46.8 Å². The van der Waals surface area contributed by atoms with Crippen LogP contribution in [0.15, 0.2) is 41.7 Å². The molecule has 0 atom stereocenters. The molecule has 0 spiro atoms. The van der Waals surface area contributed by atoms with E-state index < -0.39 is 10.0 Å². The number of carbonyl (C=O) groups excluding carboxylic acids is 1. The fourth-order valence-corrected chi connectivity index (χ4v) is 3.95. The van der Waals surface area contributed by atoms with E-state index in [4.69, 9.17) is 0 Å². The number of hydrogen-bond donors (Lipinski definition) is 0. The maximum absolute atomic E-state index is 12.8. The summed E-state index contributed by atoms with van der Waals surface area (Å²) in [5, 5.41) is 0.593. The van der Waals surface area contributed by atoms with Crippen LogP contribution in [0.25, 0.3) is 10.9 Å². The number of aryl methyl sites for hydroxylation is 1. The first-order chi connectivity index (χ1) is 11.2. The Kier molecular flexibility index (Phi) is 4.26. The molecule has 0 unspecified atom stereocenters. The van der Waals surface area contributed by atoms with E-state index in [-0.39, 0.29) is 10.8 Å². The number of hydrogen-bond acceptors (Lipinski definition) is 4. The summed E-state index contributed by atoms with van der Waals surface area (Å²) in [5.74, 6) is -0.248. The first-order valence-electron chi connectivity index (χ1n) is 6.98. The van der Waals surface area contributed by atoms with Gasteiger partial charge in [-0.1, -0.05) is 0 Å². The molecule has 0 N–H and O–H groups in total. The molecule has 0 amide bonds. The Bertz CT molecular complexity index is 1050. The maximum atomic E-state index is 12.8. The molecule has 0 saturated carbocycles. The second-order valence-corrected chi connectivity index (χ2v) is 8.61. The third-order valence-corrected chi connectivity index (χ3v) is 6.39. The van der Waals surface area contributed by atoms with Crippen LogP contribution >= 0.6 is 22.6 Å². The summed E-state index contributed by atoms with van der Waals surface area (Å²) < 4.78 is 29.7. The van der Waals surface area contributed by atoms with Crippen LogP contribution in [0.4, 0.5) is 0 Å². The van der Waals surface area contributed by atoms with E-state index in [0.717, 1.165) is 9.82 Å². The Morgan fingerprint density at radius 3 is 2.58 bits per heavy atom. The van der Waals surface area contributed by atoms with Crippen molar-refractivity contribution in [3.05, 3.63) is 46.2 Å². The first kappa shape index (κ1) is 17.1. The van der Waals surface area contributed by atoms with E-state index in [2.05, 4.69) is 4.98 Å². The highest BCUT2D eigenvalue weighted by molar-refractivity contribution is 14.1. The smallest absolute Gasteiger partial charge is 0.266 e. The van der Waals surface area contributed by atoms with Gasteiger partial charge in [0.15, 0.2) is 3.83 Å². The molecule has 3 aromatic rings. The van der Waals surface area contributed by atoms with Crippen molar-refractivity contribution in [3.8, 4) is 0 Å². The summed E-state index contributed by atoms with van der Waals surface area (Å²) in [5.41, 5.74) is 1.21. The molecular weight excluding hydrogens is 443 g/mol. The Balaban J connectivity index is 2.23. The topological polar surface area (TPSA) is 77.2 Å². The molecule has 1 aromatic carbocycles. The molecule has 0 bridgehead atoms. The lowest BCUT2D eigenvalue weighted by molar-refractivity contribution is 0.0958. The highest BCUT2D eigenvalue weighted by Crippen LogP contribution is 2.26. The number of aromatic nitrogens is 3. The Morgan fingerprint density at radius 2 is 2.00 bits per heavy atom. The van der Waals surface area contributed by atoms with E-state index in [9.17, 15) is 13.2 Å². The van der Waals surface area contributed by atoms with Gasteiger partial charge in [0, 0.05) is 73.2 Å². The molecule has 0 aliphatic rings. The zero-order valence-corrected chi connectivity index (χ0v) is 16.2. The highest BCUT2D eigenvalue weighted by atomic mass is 127. The molecule has 3 rings (SSSR count). The monoisotopic (exact) mass is 458 g/mol. The summed E-state index contributed by atoms with van der Waals surface area (Å²) >= 11 is 1.98. The van der Waals surface area contributed by atoms with Crippen LogP contribution in [0.5, 0.6) is 0 Å². The Hall–Kier alpha value is -1.72. The lowest BCUT2D eigenvalue weighted by Gasteiger charge is -2.11. The third-order valence-electron chi connectivity index (χ3n) is 3.78. The van der Waals surface area contributed by atoms with Gasteiger partial charge in [-0.3, -0.25) is 9.36 Å². The normalized spacial score (nSPS) is 12.2. The first-order valence-corrected chi connectivity index (χ1v) is 9.50. The number of fused-ring (bicyclic) bond motifs is 1. The van der Waals surface area contributed by atoms with Gasteiger partial charge in [0.25, 0.3) is 5.91 Å². The molecule has 24 heavy (non-hydrogen) atoms. The molecular formula is C15H15IN4O3S. The molecule has 0 aliphatic carbocycles. The van der Waals surface area contributed by atoms with Crippen molar-refractivity contribution in [2.75, 3.05) is 14.1 Å². The number of rotatable bonds is 3. The van der Waals surface area contributed by atoms with E-state index in [1.807, 2.05) is 29.6 Å². The summed E-state index contributed by atoms with van der Waals surface area (Å²) in [6, 6.07) is 4.80. The Morgan fingerprint density at radius 1 is 1.29 bits per heavy atom. The van der Waals surface area contributed by atoms with Crippen molar-refractivity contribution in [2.24, 2.45) is 7.05 Å². The van der Waals surface area contributed by atoms with Gasteiger partial charge in [-0.2, -0.15) is 0 Å². The zero-order chi connectivity index (χ0) is 17.6. The Labute approximate surface area is 153 Å². The van der Waals surface area contributed by atoms with Gasteiger partial charge in [0.05, 0.1) is 10.5 Å². The lowest BCUT2D eigenvalue weighted by Crippen LogP contribution is -2.22. The third kappa shape index (κ3) is 2.66. The maximum Gasteiger partial charge on any atom is 0.266 e. The van der Waals surface area contributed by atoms with Crippen LogP contribution in [0, 0.1) is 3.83 Å². The number of carbonyl (C=O) groups is 1. The zero-order valence-electron chi connectivity index (χ0n) is 13.3. The van der Waals surface area contributed by atoms with E-state index >= 15 is 0 Å². The molecule has 0 aliphatic heterocycles. The van der Waals surface area contributed by atoms with Gasteiger partial charge in [-0.05, 0) is 18.2 Å². The van der Waals surface area contributed by atoms with Gasteiger partial charge >= 0.3 is 0 Å². The van der Waals surface area contributed by atoms with Crippen molar-refractivity contribution < 1.29 is 13.2 Å². The van der Waals surface area contributed by atoms with Crippen molar-refractivity contribution >= 4 is 49.4 Å². The summed E-state index contributed by atoms with van der Waals surface area (Å²) in [7, 11) is 1.20. The molecule has 0 radical (unpaired) electrons. The molecule has 7 nitrogen and oxygen atoms in total. The van der Waals surface area contributed by atoms with Crippen LogP contribution in [0.1, 0.15) is 10.4 Å². The van der Waals surface area contributed by atoms with Gasteiger partial charge in [0.1, 0.15) is 0 Å². The predicted octanol–water partition coefficient (Wildman–Crippen LogP) is 1.92. The van der Waals surface area contributed by atoms with Crippen LogP contribution in [-0.2, 0) is 17.1 Å². The average molecular weight is 458 g/mol. The highest BCUT2D eigenvalue weighted by Gasteiger charge is 2.22. The number of nitrogens with zero attached hydrogens (tertiary/aromatic N) is 4. The minimum Gasteiger partial charge on any atom is -0.350 e. The van der Waals surface area contributed by atoms with Crippen molar-refractivity contribution in [3.63, 3.8) is 0 Å². The second kappa shape index (κ2) is 5.97. The van der Waals surface area contributed by atoms with E-state index in [1.165, 1.54) is 18.7 Å². The number of halogens is 1. The van der Waals surface area contributed by atoms with Crippen LogP contribution in [0.3, 0.4) is 0 Å². The summed E-state index contributed by atoms with van der Waals surface area (Å²) in [4.78, 5) is 17.0. The van der Waals surface area contributed by atoms with Crippen molar-refractivity contribution in [1.82, 2.24) is 18.4 Å². The molecule has 2 heterocycles. The van der Waals surface area contributed by atoms with Crippen LogP contribution < -0.4 is 0 Å². The predicted molar refractivity (Wildman–Crippen MR) is 98.5 cm³/mol. The summed E-state index contributed by atoms with van der Waals surface area (Å²) in [6.07, 6.45) is 4.84. The minimum absolute atomic E-state index is 0.153.